The molecule has 2 amide bonds. The molecule has 0 saturated carbocycles. The van der Waals surface area contributed by atoms with E-state index in [2.05, 4.69) is 0 Å². The van der Waals surface area contributed by atoms with E-state index in [0.717, 1.165) is 38.3 Å². The van der Waals surface area contributed by atoms with Crippen molar-refractivity contribution < 1.29 is 58.8 Å². The molecular formula is C38H33NO4Rh2. The van der Waals surface area contributed by atoms with Crippen LogP contribution in [0.3, 0.4) is 0 Å². The van der Waals surface area contributed by atoms with Gasteiger partial charge < -0.3 is 10.2 Å². The first-order valence-corrected chi connectivity index (χ1v) is 14.4. The summed E-state index contributed by atoms with van der Waals surface area (Å²) >= 11 is 0. The number of hydrogen-bond acceptors (Lipinski definition) is 4. The molecule has 1 aliphatic heterocycles. The number of hydrogen-bond donors (Lipinski definition) is 2. The molecule has 0 aromatic heterocycles. The van der Waals surface area contributed by atoms with Crippen LogP contribution in [0.25, 0.3) is 44.5 Å². The van der Waals surface area contributed by atoms with Gasteiger partial charge in [0.05, 0.1) is 17.2 Å². The van der Waals surface area contributed by atoms with Gasteiger partial charge >= 0.3 is 0 Å². The van der Waals surface area contributed by atoms with Crippen molar-refractivity contribution in [2.75, 3.05) is 0 Å². The molecule has 0 unspecified atom stereocenters. The average Bonchev–Trinajstić information content (AvgIpc) is 3.26. The molecule has 6 rings (SSSR count). The first-order valence-electron chi connectivity index (χ1n) is 14.4. The van der Waals surface area contributed by atoms with Crippen molar-refractivity contribution in [2.24, 2.45) is 5.41 Å². The Kier molecular flexibility index (Phi) is 10.5. The average molecular weight is 773 g/mol. The van der Waals surface area contributed by atoms with Crippen LogP contribution in [0.15, 0.2) is 121 Å². The maximum absolute atomic E-state index is 14.7. The largest absolute Gasteiger partial charge is 0.366 e. The smallest absolute Gasteiger partial charge is 0.262 e. The third-order valence-corrected chi connectivity index (χ3v) is 8.06. The molecule has 232 valence electrons. The molecule has 2 radical (unpaired) electrons. The van der Waals surface area contributed by atoms with Crippen LogP contribution in [-0.4, -0.2) is 39.3 Å². The molecule has 1 heterocycles. The molecule has 0 fully saturated rings. The Labute approximate surface area is 289 Å². The summed E-state index contributed by atoms with van der Waals surface area (Å²) in [6.07, 6.45) is -1.93. The topological polar surface area (TPSA) is 77.8 Å². The first-order chi connectivity index (χ1) is 20.7. The Balaban J connectivity index is 0.00000230. The van der Waals surface area contributed by atoms with Crippen LogP contribution >= 0.6 is 0 Å². The summed E-state index contributed by atoms with van der Waals surface area (Å²) < 4.78 is 0. The van der Waals surface area contributed by atoms with Crippen molar-refractivity contribution in [1.29, 1.82) is 0 Å². The van der Waals surface area contributed by atoms with Gasteiger partial charge in [-0.1, -0.05) is 142 Å². The molecule has 5 nitrogen and oxygen atoms in total. The van der Waals surface area contributed by atoms with E-state index in [1.54, 1.807) is 20.8 Å². The number of aliphatic hydroxyl groups is 2. The number of benzene rings is 5. The zero-order valence-corrected chi connectivity index (χ0v) is 28.3. The SMILES string of the molecule is CC(C)(C)[C@@H](C(O)O)N1C(=O)c2c(c(-c3ccccc3)c(-c3ccccc3)c(-c3ccccc3)c2-c2ccccc2)C1=O.[Rh].[Rh]. The van der Waals surface area contributed by atoms with Crippen molar-refractivity contribution in [3.8, 4) is 44.5 Å². The minimum absolute atomic E-state index is 0. The van der Waals surface area contributed by atoms with E-state index in [9.17, 15) is 19.8 Å². The number of fused-ring (bicyclic) bond motifs is 1. The van der Waals surface area contributed by atoms with Gasteiger partial charge in [0.2, 0.25) is 0 Å². The number of aliphatic hydroxyl groups excluding tert-OH is 1. The summed E-state index contributed by atoms with van der Waals surface area (Å²) in [5.41, 5.74) is 6.03. The van der Waals surface area contributed by atoms with E-state index in [4.69, 9.17) is 0 Å². The number of carbonyl (C=O) groups is 2. The van der Waals surface area contributed by atoms with Gasteiger partial charge in [-0.3, -0.25) is 14.5 Å². The van der Waals surface area contributed by atoms with Gasteiger partial charge in [-0.25, -0.2) is 0 Å². The maximum Gasteiger partial charge on any atom is 0.262 e. The van der Waals surface area contributed by atoms with E-state index >= 15 is 0 Å². The second-order valence-corrected chi connectivity index (χ2v) is 11.9. The number of nitrogens with zero attached hydrogens (tertiary/aromatic N) is 1. The predicted octanol–water partition coefficient (Wildman–Crippen LogP) is 7.67. The quantitative estimate of drug-likeness (QED) is 0.106. The van der Waals surface area contributed by atoms with E-state index in [0.29, 0.717) is 11.1 Å². The van der Waals surface area contributed by atoms with Crippen LogP contribution in [0.2, 0.25) is 0 Å². The Morgan fingerprint density at radius 1 is 0.467 bits per heavy atom. The molecule has 5 aromatic rings. The summed E-state index contributed by atoms with van der Waals surface area (Å²) in [6.45, 7) is 5.38. The van der Waals surface area contributed by atoms with Gasteiger partial charge in [0.15, 0.2) is 6.29 Å². The van der Waals surface area contributed by atoms with Crippen LogP contribution < -0.4 is 0 Å². The number of imide groups is 1. The van der Waals surface area contributed by atoms with Crippen LogP contribution in [0.4, 0.5) is 0 Å². The van der Waals surface area contributed by atoms with Crippen molar-refractivity contribution in [2.45, 2.75) is 33.1 Å². The van der Waals surface area contributed by atoms with Crippen molar-refractivity contribution in [3.05, 3.63) is 132 Å². The van der Waals surface area contributed by atoms with Crippen LogP contribution in [0, 0.1) is 5.41 Å². The molecule has 0 saturated heterocycles. The molecular weight excluding hydrogens is 740 g/mol. The van der Waals surface area contributed by atoms with E-state index < -0.39 is 29.6 Å². The normalized spacial score (nSPS) is 13.2. The second-order valence-electron chi connectivity index (χ2n) is 11.9. The minimum atomic E-state index is -1.93. The number of rotatable bonds is 6. The summed E-state index contributed by atoms with van der Waals surface area (Å²) in [5.74, 6) is -1.08. The molecule has 0 bridgehead atoms. The molecule has 0 spiro atoms. The minimum Gasteiger partial charge on any atom is -0.366 e. The van der Waals surface area contributed by atoms with Crippen LogP contribution in [-0.2, 0) is 39.0 Å². The van der Waals surface area contributed by atoms with Gasteiger partial charge in [-0.2, -0.15) is 0 Å². The second kappa shape index (κ2) is 13.8. The van der Waals surface area contributed by atoms with Gasteiger partial charge in [0, 0.05) is 50.1 Å². The fourth-order valence-electron chi connectivity index (χ4n) is 6.31. The standard InChI is InChI=1S/C38H33NO4.2Rh/c1-38(2,3)34(37(42)43)39-35(40)32-30(26-20-12-6-13-21-26)28(24-16-8-4-9-17-24)29(25-18-10-5-11-19-25)31(33(32)36(39)41)27-22-14-7-15-23-27;;/h4-23,34,37,42-43H,1-3H3;;/t34-;;/m1../s1. The van der Waals surface area contributed by atoms with Gasteiger partial charge in [-0.15, -0.1) is 0 Å². The molecule has 45 heavy (non-hydrogen) atoms. The van der Waals surface area contributed by atoms with Gasteiger partial charge in [0.1, 0.15) is 0 Å². The van der Waals surface area contributed by atoms with Gasteiger partial charge in [0.25, 0.3) is 11.8 Å². The fourth-order valence-corrected chi connectivity index (χ4v) is 6.31. The fraction of sp³-hybridized carbons (Fsp3) is 0.158. The number of amides is 2. The van der Waals surface area contributed by atoms with Crippen molar-refractivity contribution >= 4 is 11.8 Å². The summed E-state index contributed by atoms with van der Waals surface area (Å²) in [6, 6.07) is 37.9. The van der Waals surface area contributed by atoms with Gasteiger partial charge in [-0.05, 0) is 38.8 Å². The number of carbonyl (C=O) groups excluding carboxylic acids is 2. The molecule has 2 N–H and O–H groups in total. The molecule has 7 heteroatoms. The van der Waals surface area contributed by atoms with Crippen LogP contribution in [0.5, 0.6) is 0 Å². The molecule has 5 aromatic carbocycles. The van der Waals surface area contributed by atoms with E-state index in [-0.39, 0.29) is 50.1 Å². The third kappa shape index (κ3) is 6.15. The van der Waals surface area contributed by atoms with Crippen LogP contribution in [0.1, 0.15) is 41.5 Å². The zero-order chi connectivity index (χ0) is 30.3. The maximum atomic E-state index is 14.7. The molecule has 0 aliphatic carbocycles. The molecule has 1 aliphatic rings. The monoisotopic (exact) mass is 773 g/mol. The van der Waals surface area contributed by atoms with Crippen molar-refractivity contribution in [1.82, 2.24) is 4.90 Å². The summed E-state index contributed by atoms with van der Waals surface area (Å²) in [5, 5.41) is 21.1. The third-order valence-electron chi connectivity index (χ3n) is 8.06. The summed E-state index contributed by atoms with van der Waals surface area (Å²) in [7, 11) is 0. The first kappa shape index (κ1) is 34.3. The zero-order valence-electron chi connectivity index (χ0n) is 25.0. The van der Waals surface area contributed by atoms with E-state index in [1.165, 1.54) is 0 Å². The summed E-state index contributed by atoms with van der Waals surface area (Å²) in [4.78, 5) is 30.5. The van der Waals surface area contributed by atoms with E-state index in [1.807, 2.05) is 121 Å². The van der Waals surface area contributed by atoms with Crippen molar-refractivity contribution in [3.63, 3.8) is 0 Å². The Bertz CT molecular complexity index is 1680. The Morgan fingerprint density at radius 3 is 0.933 bits per heavy atom. The Morgan fingerprint density at radius 2 is 0.711 bits per heavy atom. The Hall–Kier alpha value is -3.59. The predicted molar refractivity (Wildman–Crippen MR) is 170 cm³/mol. The molecule has 1 atom stereocenters.